The first-order valence-corrected chi connectivity index (χ1v) is 8.35. The van der Waals surface area contributed by atoms with Gasteiger partial charge in [0.05, 0.1) is 24.0 Å². The summed E-state index contributed by atoms with van der Waals surface area (Å²) in [7, 11) is 0. The summed E-state index contributed by atoms with van der Waals surface area (Å²) in [6.45, 7) is 5.05. The van der Waals surface area contributed by atoms with Crippen molar-refractivity contribution in [1.82, 2.24) is 4.90 Å². The lowest BCUT2D eigenvalue weighted by molar-refractivity contribution is -0.384. The summed E-state index contributed by atoms with van der Waals surface area (Å²) < 4.78 is 5.02. The smallest absolute Gasteiger partial charge is 0.309 e. The van der Waals surface area contributed by atoms with Gasteiger partial charge in [0.2, 0.25) is 5.91 Å². The van der Waals surface area contributed by atoms with E-state index in [2.05, 4.69) is 5.32 Å². The highest BCUT2D eigenvalue weighted by atomic mass is 16.6. The van der Waals surface area contributed by atoms with Crippen molar-refractivity contribution in [3.05, 3.63) is 33.9 Å². The molecule has 0 atom stereocenters. The van der Waals surface area contributed by atoms with Crippen LogP contribution >= 0.6 is 0 Å². The number of nitro benzene ring substituents is 1. The fourth-order valence-corrected chi connectivity index (χ4v) is 2.82. The molecule has 0 spiro atoms. The number of piperidine rings is 1. The average Bonchev–Trinajstić information content (AvgIpc) is 2.61. The quantitative estimate of drug-likeness (QED) is 0.479. The number of nitro groups is 1. The highest BCUT2D eigenvalue weighted by molar-refractivity contribution is 5.82. The summed E-state index contributed by atoms with van der Waals surface area (Å²) in [6, 6.07) is 4.51. The van der Waals surface area contributed by atoms with Crippen LogP contribution in [-0.2, 0) is 14.3 Å². The Hall–Kier alpha value is -2.64. The lowest BCUT2D eigenvalue weighted by atomic mass is 9.97. The summed E-state index contributed by atoms with van der Waals surface area (Å²) in [5.74, 6) is -0.427. The van der Waals surface area contributed by atoms with Gasteiger partial charge in [-0.1, -0.05) is 6.07 Å². The van der Waals surface area contributed by atoms with Gasteiger partial charge in [-0.15, -0.1) is 0 Å². The van der Waals surface area contributed by atoms with Crippen LogP contribution in [0.3, 0.4) is 0 Å². The van der Waals surface area contributed by atoms with E-state index < -0.39 is 4.92 Å². The highest BCUT2D eigenvalue weighted by Gasteiger charge is 2.28. The van der Waals surface area contributed by atoms with Gasteiger partial charge in [0.25, 0.3) is 5.69 Å². The van der Waals surface area contributed by atoms with Crippen molar-refractivity contribution in [2.75, 3.05) is 31.6 Å². The molecule has 0 aromatic heterocycles. The lowest BCUT2D eigenvalue weighted by Crippen LogP contribution is -2.43. The van der Waals surface area contributed by atoms with Crippen molar-refractivity contribution < 1.29 is 19.2 Å². The van der Waals surface area contributed by atoms with E-state index >= 15 is 0 Å². The van der Waals surface area contributed by atoms with Crippen LogP contribution in [0.1, 0.15) is 25.3 Å². The third-order valence-electron chi connectivity index (χ3n) is 4.33. The normalized spacial score (nSPS) is 14.9. The van der Waals surface area contributed by atoms with Crippen molar-refractivity contribution in [2.45, 2.75) is 26.7 Å². The van der Waals surface area contributed by atoms with E-state index in [1.807, 2.05) is 6.92 Å². The Kier molecular flexibility index (Phi) is 6.32. The maximum absolute atomic E-state index is 12.3. The molecule has 1 saturated heterocycles. The zero-order valence-electron chi connectivity index (χ0n) is 14.5. The Morgan fingerprint density at radius 2 is 2.04 bits per heavy atom. The molecule has 0 bridgehead atoms. The van der Waals surface area contributed by atoms with Gasteiger partial charge in [-0.05, 0) is 32.3 Å². The van der Waals surface area contributed by atoms with Crippen LogP contribution < -0.4 is 5.32 Å². The fraction of sp³-hybridized carbons (Fsp3) is 0.529. The first-order valence-electron chi connectivity index (χ1n) is 8.35. The number of nitrogens with one attached hydrogen (secondary N) is 1. The third-order valence-corrected chi connectivity index (χ3v) is 4.33. The minimum Gasteiger partial charge on any atom is -0.466 e. The van der Waals surface area contributed by atoms with E-state index in [9.17, 15) is 19.7 Å². The van der Waals surface area contributed by atoms with E-state index in [-0.39, 0.29) is 30.0 Å². The number of nitrogens with zero attached hydrogens (tertiary/aromatic N) is 2. The molecular weight excluding hydrogens is 326 g/mol. The molecule has 0 aliphatic carbocycles. The van der Waals surface area contributed by atoms with Gasteiger partial charge in [-0.3, -0.25) is 19.7 Å². The number of carbonyl (C=O) groups excluding carboxylic acids is 2. The molecule has 0 radical (unpaired) electrons. The van der Waals surface area contributed by atoms with Crippen molar-refractivity contribution in [3.63, 3.8) is 0 Å². The van der Waals surface area contributed by atoms with Gasteiger partial charge in [-0.25, -0.2) is 0 Å². The van der Waals surface area contributed by atoms with Gasteiger partial charge in [0.15, 0.2) is 0 Å². The molecule has 1 fully saturated rings. The number of amides is 1. The maximum Gasteiger partial charge on any atom is 0.309 e. The highest BCUT2D eigenvalue weighted by Crippen LogP contribution is 2.22. The summed E-state index contributed by atoms with van der Waals surface area (Å²) in [5, 5.41) is 13.8. The van der Waals surface area contributed by atoms with Crippen LogP contribution in [0.5, 0.6) is 0 Å². The summed E-state index contributed by atoms with van der Waals surface area (Å²) in [6.07, 6.45) is 1.20. The fourth-order valence-electron chi connectivity index (χ4n) is 2.82. The molecule has 1 aliphatic heterocycles. The number of hydrogen-bond acceptors (Lipinski definition) is 6. The lowest BCUT2D eigenvalue weighted by Gasteiger charge is -2.31. The zero-order valence-corrected chi connectivity index (χ0v) is 14.5. The number of rotatable bonds is 6. The Bertz CT molecular complexity index is 654. The van der Waals surface area contributed by atoms with Crippen LogP contribution in [0.2, 0.25) is 0 Å². The molecule has 1 heterocycles. The van der Waals surface area contributed by atoms with Crippen LogP contribution in [-0.4, -0.2) is 47.9 Å². The summed E-state index contributed by atoms with van der Waals surface area (Å²) in [5.41, 5.74) is 1.39. The number of carbonyl (C=O) groups is 2. The van der Waals surface area contributed by atoms with Crippen molar-refractivity contribution in [2.24, 2.45) is 5.92 Å². The summed E-state index contributed by atoms with van der Waals surface area (Å²) >= 11 is 0. The Balaban J connectivity index is 1.86. The molecule has 1 aromatic carbocycles. The average molecular weight is 349 g/mol. The predicted molar refractivity (Wildman–Crippen MR) is 92.3 cm³/mol. The predicted octanol–water partition coefficient (Wildman–Crippen LogP) is 2.12. The second-order valence-electron chi connectivity index (χ2n) is 6.02. The molecule has 0 saturated carbocycles. The van der Waals surface area contributed by atoms with Gasteiger partial charge in [0.1, 0.15) is 0 Å². The minimum atomic E-state index is -0.466. The Labute approximate surface area is 146 Å². The number of ether oxygens (including phenoxy) is 1. The molecule has 1 aliphatic rings. The summed E-state index contributed by atoms with van der Waals surface area (Å²) in [4.78, 5) is 36.1. The van der Waals surface area contributed by atoms with Crippen LogP contribution in [0.15, 0.2) is 18.2 Å². The number of benzene rings is 1. The SMILES string of the molecule is CCOC(=O)C1CCN(C(=O)CNc2cc([N+](=O)[O-])ccc2C)CC1. The third kappa shape index (κ3) is 4.91. The van der Waals surface area contributed by atoms with Gasteiger partial charge < -0.3 is 15.0 Å². The molecule has 1 aromatic rings. The number of esters is 1. The van der Waals surface area contributed by atoms with Crippen molar-refractivity contribution >= 4 is 23.3 Å². The van der Waals surface area contributed by atoms with Gasteiger partial charge in [-0.2, -0.15) is 0 Å². The molecule has 1 N–H and O–H groups in total. The molecule has 8 nitrogen and oxygen atoms in total. The Morgan fingerprint density at radius 1 is 1.36 bits per heavy atom. The molecule has 0 unspecified atom stereocenters. The van der Waals surface area contributed by atoms with Crippen LogP contribution in [0, 0.1) is 23.0 Å². The van der Waals surface area contributed by atoms with E-state index in [1.54, 1.807) is 17.9 Å². The number of non-ortho nitro benzene ring substituents is 1. The molecular formula is C17H23N3O5. The van der Waals surface area contributed by atoms with Gasteiger partial charge >= 0.3 is 5.97 Å². The molecule has 2 rings (SSSR count). The van der Waals surface area contributed by atoms with E-state index in [0.29, 0.717) is 38.2 Å². The number of hydrogen-bond donors (Lipinski definition) is 1. The molecule has 1 amide bonds. The number of likely N-dealkylation sites (tertiary alicyclic amines) is 1. The van der Waals surface area contributed by atoms with Gasteiger partial charge in [0, 0.05) is 30.9 Å². The molecule has 25 heavy (non-hydrogen) atoms. The van der Waals surface area contributed by atoms with E-state index in [4.69, 9.17) is 4.74 Å². The topological polar surface area (TPSA) is 102 Å². The first kappa shape index (κ1) is 18.7. The first-order chi connectivity index (χ1) is 11.9. The second-order valence-corrected chi connectivity index (χ2v) is 6.02. The molecule has 8 heteroatoms. The van der Waals surface area contributed by atoms with E-state index in [1.165, 1.54) is 12.1 Å². The minimum absolute atomic E-state index is 0.0178. The van der Waals surface area contributed by atoms with Crippen LogP contribution in [0.25, 0.3) is 0 Å². The van der Waals surface area contributed by atoms with Crippen LogP contribution in [0.4, 0.5) is 11.4 Å². The number of anilines is 1. The molecule has 136 valence electrons. The standard InChI is InChI=1S/C17H23N3O5/c1-3-25-17(22)13-6-8-19(9-7-13)16(21)11-18-15-10-14(20(23)24)5-4-12(15)2/h4-5,10,13,18H,3,6-9,11H2,1-2H3. The monoisotopic (exact) mass is 349 g/mol. The number of aryl methyl sites for hydroxylation is 1. The maximum atomic E-state index is 12.3. The van der Waals surface area contributed by atoms with Crippen molar-refractivity contribution in [3.8, 4) is 0 Å². The van der Waals surface area contributed by atoms with Crippen molar-refractivity contribution in [1.29, 1.82) is 0 Å². The Morgan fingerprint density at radius 3 is 2.64 bits per heavy atom. The largest absolute Gasteiger partial charge is 0.466 e. The zero-order chi connectivity index (χ0) is 18.4. The van der Waals surface area contributed by atoms with E-state index in [0.717, 1.165) is 5.56 Å². The second kappa shape index (κ2) is 8.46.